The first-order chi connectivity index (χ1) is 16.4. The SMILES string of the molecule is CCOC(=O)C1=C(C)N=c2s/c(=C/c3cc4c(cc3Cl)OCO4)c(=O)n2C1c1ccc(F)cc1. The van der Waals surface area contributed by atoms with Crippen LogP contribution in [0.4, 0.5) is 4.39 Å². The molecule has 2 aliphatic heterocycles. The molecule has 3 aromatic rings. The van der Waals surface area contributed by atoms with Crippen molar-refractivity contribution in [2.75, 3.05) is 13.4 Å². The zero-order valence-corrected chi connectivity index (χ0v) is 19.7. The van der Waals surface area contributed by atoms with E-state index in [1.165, 1.54) is 28.0 Å². The fraction of sp³-hybridized carbons (Fsp3) is 0.208. The average molecular weight is 501 g/mol. The fourth-order valence-electron chi connectivity index (χ4n) is 3.94. The van der Waals surface area contributed by atoms with Crippen LogP contribution < -0.4 is 24.4 Å². The third-order valence-corrected chi connectivity index (χ3v) is 6.79. The molecule has 0 fully saturated rings. The van der Waals surface area contributed by atoms with Crippen LogP contribution in [0.3, 0.4) is 0 Å². The maximum absolute atomic E-state index is 13.6. The zero-order chi connectivity index (χ0) is 24.0. The normalized spacial score (nSPS) is 16.9. The van der Waals surface area contributed by atoms with Crippen molar-refractivity contribution >= 4 is 35.0 Å². The van der Waals surface area contributed by atoms with Crippen molar-refractivity contribution in [2.45, 2.75) is 19.9 Å². The molecular formula is C24H18ClFN2O5S. The van der Waals surface area contributed by atoms with Crippen LogP contribution in [-0.2, 0) is 9.53 Å². The van der Waals surface area contributed by atoms with Crippen LogP contribution in [0.15, 0.2) is 57.5 Å². The minimum Gasteiger partial charge on any atom is -0.463 e. The molecule has 1 unspecified atom stereocenters. The topological polar surface area (TPSA) is 79.1 Å². The van der Waals surface area contributed by atoms with Gasteiger partial charge in [-0.3, -0.25) is 9.36 Å². The van der Waals surface area contributed by atoms with Gasteiger partial charge in [-0.05, 0) is 49.2 Å². The molecule has 0 saturated heterocycles. The number of allylic oxidation sites excluding steroid dienone is 1. The number of halogens is 2. The summed E-state index contributed by atoms with van der Waals surface area (Å²) in [6.07, 6.45) is 1.65. The van der Waals surface area contributed by atoms with Gasteiger partial charge in [0.1, 0.15) is 5.82 Å². The summed E-state index contributed by atoms with van der Waals surface area (Å²) in [4.78, 5) is 31.4. The predicted octanol–water partition coefficient (Wildman–Crippen LogP) is 3.32. The number of hydrogen-bond acceptors (Lipinski definition) is 7. The van der Waals surface area contributed by atoms with Crippen LogP contribution in [0.5, 0.6) is 11.5 Å². The van der Waals surface area contributed by atoms with Gasteiger partial charge in [0.05, 0.1) is 33.5 Å². The van der Waals surface area contributed by atoms with E-state index in [1.807, 2.05) is 0 Å². The van der Waals surface area contributed by atoms with E-state index in [4.69, 9.17) is 25.8 Å². The molecule has 3 heterocycles. The molecule has 0 N–H and O–H groups in total. The number of rotatable bonds is 4. The van der Waals surface area contributed by atoms with Crippen LogP contribution in [-0.4, -0.2) is 23.9 Å². The second-order valence-electron chi connectivity index (χ2n) is 7.58. The molecule has 10 heteroatoms. The van der Waals surface area contributed by atoms with Gasteiger partial charge < -0.3 is 14.2 Å². The number of aromatic nitrogens is 1. The van der Waals surface area contributed by atoms with E-state index in [1.54, 1.807) is 44.2 Å². The monoisotopic (exact) mass is 500 g/mol. The number of carbonyl (C=O) groups is 1. The lowest BCUT2D eigenvalue weighted by molar-refractivity contribution is -0.139. The number of carbonyl (C=O) groups excluding carboxylic acids is 1. The number of nitrogens with zero attached hydrogens (tertiary/aromatic N) is 2. The van der Waals surface area contributed by atoms with Crippen molar-refractivity contribution in [3.63, 3.8) is 0 Å². The van der Waals surface area contributed by atoms with E-state index >= 15 is 0 Å². The largest absolute Gasteiger partial charge is 0.463 e. The van der Waals surface area contributed by atoms with Crippen LogP contribution >= 0.6 is 22.9 Å². The smallest absolute Gasteiger partial charge is 0.338 e. The Labute approximate surface area is 202 Å². The van der Waals surface area contributed by atoms with E-state index in [0.29, 0.717) is 42.7 Å². The molecule has 0 bridgehead atoms. The summed E-state index contributed by atoms with van der Waals surface area (Å²) in [5.74, 6) is 0.0702. The summed E-state index contributed by atoms with van der Waals surface area (Å²) >= 11 is 7.57. The van der Waals surface area contributed by atoms with Gasteiger partial charge >= 0.3 is 5.97 Å². The van der Waals surface area contributed by atoms with Crippen LogP contribution in [0.1, 0.15) is 31.0 Å². The van der Waals surface area contributed by atoms with E-state index in [0.717, 1.165) is 0 Å². The Morgan fingerprint density at radius 3 is 2.71 bits per heavy atom. The summed E-state index contributed by atoms with van der Waals surface area (Å²) in [7, 11) is 0. The third-order valence-electron chi connectivity index (χ3n) is 5.48. The molecule has 0 saturated carbocycles. The maximum atomic E-state index is 13.6. The number of thiazole rings is 1. The number of fused-ring (bicyclic) bond motifs is 2. The quantitative estimate of drug-likeness (QED) is 0.513. The molecule has 1 atom stereocenters. The lowest BCUT2D eigenvalue weighted by Crippen LogP contribution is -2.39. The Morgan fingerprint density at radius 1 is 1.29 bits per heavy atom. The third kappa shape index (κ3) is 3.80. The highest BCUT2D eigenvalue weighted by molar-refractivity contribution is 7.07. The van der Waals surface area contributed by atoms with E-state index in [9.17, 15) is 14.0 Å². The summed E-state index contributed by atoms with van der Waals surface area (Å²) < 4.78 is 31.4. The van der Waals surface area contributed by atoms with Crippen LogP contribution in [0, 0.1) is 5.82 Å². The second-order valence-corrected chi connectivity index (χ2v) is 9.00. The molecule has 2 aromatic carbocycles. The first kappa shape index (κ1) is 22.4. The number of ether oxygens (including phenoxy) is 3. The first-order valence-corrected chi connectivity index (χ1v) is 11.6. The molecule has 0 amide bonds. The second kappa shape index (κ2) is 8.73. The molecule has 174 valence electrons. The number of esters is 1. The lowest BCUT2D eigenvalue weighted by Gasteiger charge is -2.24. The van der Waals surface area contributed by atoms with Gasteiger partial charge in [-0.2, -0.15) is 0 Å². The van der Waals surface area contributed by atoms with E-state index < -0.39 is 17.8 Å². The van der Waals surface area contributed by atoms with Gasteiger partial charge in [-0.15, -0.1) is 0 Å². The highest BCUT2D eigenvalue weighted by Crippen LogP contribution is 2.37. The summed E-state index contributed by atoms with van der Waals surface area (Å²) in [5.41, 5.74) is 1.44. The number of hydrogen-bond donors (Lipinski definition) is 0. The lowest BCUT2D eigenvalue weighted by atomic mass is 9.96. The number of benzene rings is 2. The first-order valence-electron chi connectivity index (χ1n) is 10.4. The Hall–Kier alpha value is -3.43. The van der Waals surface area contributed by atoms with Crippen molar-refractivity contribution in [3.8, 4) is 11.5 Å². The molecule has 2 aliphatic rings. The molecule has 7 nitrogen and oxygen atoms in total. The summed E-state index contributed by atoms with van der Waals surface area (Å²) in [5, 5.41) is 0.397. The van der Waals surface area contributed by atoms with Gasteiger partial charge in [0.2, 0.25) is 6.79 Å². The van der Waals surface area contributed by atoms with Gasteiger partial charge in [0.25, 0.3) is 5.56 Å². The van der Waals surface area contributed by atoms with Gasteiger partial charge in [0.15, 0.2) is 16.3 Å². The molecule has 34 heavy (non-hydrogen) atoms. The molecular weight excluding hydrogens is 483 g/mol. The Morgan fingerprint density at radius 2 is 2.00 bits per heavy atom. The Bertz CT molecular complexity index is 1520. The molecule has 5 rings (SSSR count). The van der Waals surface area contributed by atoms with Crippen molar-refractivity contribution in [1.82, 2.24) is 4.57 Å². The summed E-state index contributed by atoms with van der Waals surface area (Å²) in [6, 6.07) is 8.19. The molecule has 0 aliphatic carbocycles. The molecule has 1 aromatic heterocycles. The van der Waals surface area contributed by atoms with E-state index in [-0.39, 0.29) is 24.5 Å². The zero-order valence-electron chi connectivity index (χ0n) is 18.1. The Kier molecular flexibility index (Phi) is 5.75. The van der Waals surface area contributed by atoms with E-state index in [2.05, 4.69) is 4.99 Å². The maximum Gasteiger partial charge on any atom is 0.338 e. The average Bonchev–Trinajstić information content (AvgIpc) is 3.37. The minimum absolute atomic E-state index is 0.102. The Balaban J connectivity index is 1.71. The van der Waals surface area contributed by atoms with Crippen molar-refractivity contribution in [2.24, 2.45) is 4.99 Å². The standard InChI is InChI=1S/C24H18ClFN2O5S/c1-3-31-23(30)20-12(2)27-24-28(21(20)13-4-6-15(26)7-5-13)22(29)19(34-24)9-14-8-17-18(10-16(14)25)33-11-32-17/h4-10,21H,3,11H2,1-2H3/b19-9+. The van der Waals surface area contributed by atoms with Crippen LogP contribution in [0.2, 0.25) is 5.02 Å². The highest BCUT2D eigenvalue weighted by Gasteiger charge is 2.33. The highest BCUT2D eigenvalue weighted by atomic mass is 35.5. The van der Waals surface area contributed by atoms with Gasteiger partial charge in [-0.1, -0.05) is 35.1 Å². The van der Waals surface area contributed by atoms with Crippen molar-refractivity contribution < 1.29 is 23.4 Å². The van der Waals surface area contributed by atoms with Gasteiger partial charge in [0, 0.05) is 6.07 Å². The van der Waals surface area contributed by atoms with Crippen LogP contribution in [0.25, 0.3) is 6.08 Å². The fourth-order valence-corrected chi connectivity index (χ4v) is 5.18. The molecule has 0 spiro atoms. The van der Waals surface area contributed by atoms with Gasteiger partial charge in [-0.25, -0.2) is 14.2 Å². The summed E-state index contributed by atoms with van der Waals surface area (Å²) in [6.45, 7) is 3.66. The predicted molar refractivity (Wildman–Crippen MR) is 124 cm³/mol. The minimum atomic E-state index is -0.815. The van der Waals surface area contributed by atoms with Crippen molar-refractivity contribution in [3.05, 3.63) is 89.3 Å². The van der Waals surface area contributed by atoms with Crippen molar-refractivity contribution in [1.29, 1.82) is 0 Å². The molecule has 0 radical (unpaired) electrons.